The van der Waals surface area contributed by atoms with E-state index in [-0.39, 0.29) is 6.61 Å². The van der Waals surface area contributed by atoms with Gasteiger partial charge in [-0.15, -0.1) is 13.2 Å². The SMILES string of the molecule is C=C[C@@H](CCC(=C)C)[C@H](CO)C(C)C. The molecular formula is C13H24O. The van der Waals surface area contributed by atoms with Gasteiger partial charge in [0.05, 0.1) is 0 Å². The van der Waals surface area contributed by atoms with Crippen LogP contribution in [0.3, 0.4) is 0 Å². The minimum Gasteiger partial charge on any atom is -0.396 e. The maximum absolute atomic E-state index is 9.29. The molecule has 82 valence electrons. The number of aliphatic hydroxyl groups excluding tert-OH is 1. The van der Waals surface area contributed by atoms with Crippen molar-refractivity contribution in [2.24, 2.45) is 17.8 Å². The van der Waals surface area contributed by atoms with Crippen molar-refractivity contribution >= 4 is 0 Å². The predicted molar refractivity (Wildman–Crippen MR) is 63.1 cm³/mol. The molecular weight excluding hydrogens is 172 g/mol. The van der Waals surface area contributed by atoms with Crippen LogP contribution in [0.4, 0.5) is 0 Å². The van der Waals surface area contributed by atoms with Crippen molar-refractivity contribution < 1.29 is 5.11 Å². The van der Waals surface area contributed by atoms with E-state index in [4.69, 9.17) is 0 Å². The number of hydrogen-bond donors (Lipinski definition) is 1. The van der Waals surface area contributed by atoms with Gasteiger partial charge in [0.15, 0.2) is 0 Å². The molecule has 0 unspecified atom stereocenters. The highest BCUT2D eigenvalue weighted by Gasteiger charge is 2.20. The van der Waals surface area contributed by atoms with Crippen molar-refractivity contribution in [2.75, 3.05) is 6.61 Å². The average Bonchev–Trinajstić information content (AvgIpc) is 2.10. The molecule has 1 N–H and O–H groups in total. The first kappa shape index (κ1) is 13.4. The van der Waals surface area contributed by atoms with E-state index < -0.39 is 0 Å². The molecule has 0 spiro atoms. The van der Waals surface area contributed by atoms with E-state index in [2.05, 4.69) is 27.0 Å². The Bertz CT molecular complexity index is 182. The van der Waals surface area contributed by atoms with Gasteiger partial charge in [0.1, 0.15) is 0 Å². The van der Waals surface area contributed by atoms with Crippen LogP contribution in [0.25, 0.3) is 0 Å². The topological polar surface area (TPSA) is 20.2 Å². The number of rotatable bonds is 7. The van der Waals surface area contributed by atoms with Crippen molar-refractivity contribution in [3.05, 3.63) is 24.8 Å². The van der Waals surface area contributed by atoms with Crippen LogP contribution in [0, 0.1) is 17.8 Å². The fourth-order valence-electron chi connectivity index (χ4n) is 1.76. The van der Waals surface area contributed by atoms with Gasteiger partial charge in [-0.25, -0.2) is 0 Å². The highest BCUT2D eigenvalue weighted by molar-refractivity contribution is 4.93. The van der Waals surface area contributed by atoms with Crippen LogP contribution in [-0.4, -0.2) is 11.7 Å². The van der Waals surface area contributed by atoms with Gasteiger partial charge in [0.2, 0.25) is 0 Å². The second-order valence-electron chi connectivity index (χ2n) is 4.49. The van der Waals surface area contributed by atoms with E-state index in [1.54, 1.807) is 0 Å². The number of allylic oxidation sites excluding steroid dienone is 2. The Morgan fingerprint density at radius 2 is 2.00 bits per heavy atom. The lowest BCUT2D eigenvalue weighted by Gasteiger charge is -2.26. The summed E-state index contributed by atoms with van der Waals surface area (Å²) in [5.74, 6) is 1.26. The van der Waals surface area contributed by atoms with Gasteiger partial charge >= 0.3 is 0 Å². The third-order valence-electron chi connectivity index (χ3n) is 2.82. The fraction of sp³-hybridized carbons (Fsp3) is 0.692. The molecule has 0 aromatic rings. The summed E-state index contributed by atoms with van der Waals surface area (Å²) in [6, 6.07) is 0. The first-order chi connectivity index (χ1) is 6.52. The van der Waals surface area contributed by atoms with Gasteiger partial charge in [0.25, 0.3) is 0 Å². The van der Waals surface area contributed by atoms with Crippen LogP contribution in [0.5, 0.6) is 0 Å². The van der Waals surface area contributed by atoms with Crippen molar-refractivity contribution in [3.8, 4) is 0 Å². The lowest BCUT2D eigenvalue weighted by molar-refractivity contribution is 0.150. The fourth-order valence-corrected chi connectivity index (χ4v) is 1.76. The molecule has 0 bridgehead atoms. The Labute approximate surface area is 88.5 Å². The van der Waals surface area contributed by atoms with Crippen LogP contribution in [0.1, 0.15) is 33.6 Å². The van der Waals surface area contributed by atoms with E-state index in [0.29, 0.717) is 17.8 Å². The molecule has 2 atom stereocenters. The minimum atomic E-state index is 0.255. The molecule has 1 nitrogen and oxygen atoms in total. The minimum absolute atomic E-state index is 0.255. The summed E-state index contributed by atoms with van der Waals surface area (Å²) >= 11 is 0. The van der Waals surface area contributed by atoms with Crippen molar-refractivity contribution in [1.82, 2.24) is 0 Å². The highest BCUT2D eigenvalue weighted by Crippen LogP contribution is 2.26. The number of aliphatic hydroxyl groups is 1. The Balaban J connectivity index is 4.21. The Morgan fingerprint density at radius 1 is 1.43 bits per heavy atom. The molecule has 0 radical (unpaired) electrons. The molecule has 0 fully saturated rings. The molecule has 0 heterocycles. The monoisotopic (exact) mass is 196 g/mol. The molecule has 0 saturated heterocycles. The van der Waals surface area contributed by atoms with Gasteiger partial charge in [0, 0.05) is 6.61 Å². The molecule has 0 rings (SSSR count). The summed E-state index contributed by atoms with van der Waals surface area (Å²) in [6.45, 7) is 14.3. The van der Waals surface area contributed by atoms with Gasteiger partial charge in [-0.2, -0.15) is 0 Å². The van der Waals surface area contributed by atoms with Crippen LogP contribution in [-0.2, 0) is 0 Å². The molecule has 0 aromatic carbocycles. The van der Waals surface area contributed by atoms with Gasteiger partial charge in [-0.3, -0.25) is 0 Å². The smallest absolute Gasteiger partial charge is 0.0467 e. The van der Waals surface area contributed by atoms with Crippen molar-refractivity contribution in [1.29, 1.82) is 0 Å². The van der Waals surface area contributed by atoms with Crippen molar-refractivity contribution in [3.63, 3.8) is 0 Å². The summed E-state index contributed by atoms with van der Waals surface area (Å²) in [6.07, 6.45) is 4.06. The van der Waals surface area contributed by atoms with E-state index in [1.165, 1.54) is 5.57 Å². The van der Waals surface area contributed by atoms with Crippen LogP contribution in [0.15, 0.2) is 24.8 Å². The number of hydrogen-bond acceptors (Lipinski definition) is 1. The Kier molecular flexibility index (Phi) is 6.56. The first-order valence-electron chi connectivity index (χ1n) is 5.40. The lowest BCUT2D eigenvalue weighted by atomic mass is 9.81. The molecule has 14 heavy (non-hydrogen) atoms. The first-order valence-corrected chi connectivity index (χ1v) is 5.40. The summed E-state index contributed by atoms with van der Waals surface area (Å²) in [4.78, 5) is 0. The predicted octanol–water partition coefficient (Wildman–Crippen LogP) is 3.41. The zero-order chi connectivity index (χ0) is 11.1. The normalized spacial score (nSPS) is 15.2. The maximum Gasteiger partial charge on any atom is 0.0467 e. The molecule has 0 aliphatic heterocycles. The van der Waals surface area contributed by atoms with Gasteiger partial charge in [-0.05, 0) is 37.5 Å². The highest BCUT2D eigenvalue weighted by atomic mass is 16.3. The maximum atomic E-state index is 9.29. The Morgan fingerprint density at radius 3 is 2.29 bits per heavy atom. The summed E-state index contributed by atoms with van der Waals surface area (Å²) < 4.78 is 0. The van der Waals surface area contributed by atoms with Gasteiger partial charge < -0.3 is 5.11 Å². The molecule has 0 saturated carbocycles. The third-order valence-corrected chi connectivity index (χ3v) is 2.82. The quantitative estimate of drug-likeness (QED) is 0.619. The van der Waals surface area contributed by atoms with Crippen LogP contribution in [0.2, 0.25) is 0 Å². The van der Waals surface area contributed by atoms with E-state index in [0.717, 1.165) is 12.8 Å². The standard InChI is InChI=1S/C13H24O/c1-6-12(8-7-10(2)3)13(9-14)11(4)5/h6,11-14H,1-2,7-9H2,3-5H3/t12-,13+/m0/s1. The summed E-state index contributed by atoms with van der Waals surface area (Å²) in [5, 5.41) is 9.29. The van der Waals surface area contributed by atoms with Gasteiger partial charge in [-0.1, -0.05) is 25.5 Å². The summed E-state index contributed by atoms with van der Waals surface area (Å²) in [7, 11) is 0. The second-order valence-corrected chi connectivity index (χ2v) is 4.49. The summed E-state index contributed by atoms with van der Waals surface area (Å²) in [5.41, 5.74) is 1.21. The molecule has 1 heteroatoms. The molecule has 0 aliphatic rings. The lowest BCUT2D eigenvalue weighted by Crippen LogP contribution is -2.22. The van der Waals surface area contributed by atoms with Crippen LogP contribution >= 0.6 is 0 Å². The van der Waals surface area contributed by atoms with Crippen LogP contribution < -0.4 is 0 Å². The van der Waals surface area contributed by atoms with E-state index in [9.17, 15) is 5.11 Å². The van der Waals surface area contributed by atoms with E-state index in [1.807, 2.05) is 13.0 Å². The molecule has 0 amide bonds. The zero-order valence-electron chi connectivity index (χ0n) is 9.79. The van der Waals surface area contributed by atoms with Crippen molar-refractivity contribution in [2.45, 2.75) is 33.6 Å². The Hall–Kier alpha value is -0.560. The zero-order valence-corrected chi connectivity index (χ0v) is 9.79. The molecule has 0 aromatic heterocycles. The molecule has 0 aliphatic carbocycles. The van der Waals surface area contributed by atoms with E-state index >= 15 is 0 Å². The largest absolute Gasteiger partial charge is 0.396 e. The average molecular weight is 196 g/mol. The third kappa shape index (κ3) is 4.61. The second kappa shape index (κ2) is 6.83.